The second kappa shape index (κ2) is 5.59. The van der Waals surface area contributed by atoms with Gasteiger partial charge in [0.1, 0.15) is 5.69 Å². The van der Waals surface area contributed by atoms with Crippen molar-refractivity contribution in [2.24, 2.45) is 0 Å². The average Bonchev–Trinajstić information content (AvgIpc) is 2.98. The van der Waals surface area contributed by atoms with Crippen LogP contribution < -0.4 is 0 Å². The van der Waals surface area contributed by atoms with E-state index in [4.69, 9.17) is 0 Å². The van der Waals surface area contributed by atoms with Crippen LogP contribution in [0.15, 0.2) is 65.3 Å². The predicted octanol–water partition coefficient (Wildman–Crippen LogP) is 4.32. The summed E-state index contributed by atoms with van der Waals surface area (Å²) >= 11 is 3.45. The molecule has 20 heavy (non-hydrogen) atoms. The van der Waals surface area contributed by atoms with Crippen LogP contribution in [-0.2, 0) is 0 Å². The molecule has 0 aliphatic heterocycles. The number of rotatable bonds is 3. The number of halogens is 1. The molecule has 0 saturated heterocycles. The lowest BCUT2D eigenvalue weighted by Crippen LogP contribution is -2.07. The third-order valence-corrected chi connectivity index (χ3v) is 3.86. The zero-order chi connectivity index (χ0) is 13.9. The Kier molecular flexibility index (Phi) is 3.65. The van der Waals surface area contributed by atoms with Gasteiger partial charge in [-0.1, -0.05) is 63.6 Å². The Bertz CT molecular complexity index is 689. The van der Waals surface area contributed by atoms with Gasteiger partial charge in [-0.25, -0.2) is 4.68 Å². The lowest BCUT2D eigenvalue weighted by molar-refractivity contribution is 0.543. The second-order valence-corrected chi connectivity index (χ2v) is 5.59. The molecular weight excluding hydrogens is 314 g/mol. The largest absolute Gasteiger partial charge is 0.245 e. The molecule has 2 aromatic carbocycles. The van der Waals surface area contributed by atoms with Crippen molar-refractivity contribution < 1.29 is 0 Å². The van der Waals surface area contributed by atoms with Gasteiger partial charge in [0.25, 0.3) is 0 Å². The molecular formula is C16H14BrN3. The van der Waals surface area contributed by atoms with Crippen LogP contribution in [0.1, 0.15) is 18.5 Å². The summed E-state index contributed by atoms with van der Waals surface area (Å²) in [7, 11) is 0. The van der Waals surface area contributed by atoms with Gasteiger partial charge in [-0.15, -0.1) is 5.10 Å². The average molecular weight is 328 g/mol. The van der Waals surface area contributed by atoms with E-state index in [0.717, 1.165) is 15.7 Å². The minimum Gasteiger partial charge on any atom is -0.245 e. The zero-order valence-corrected chi connectivity index (χ0v) is 12.7. The number of nitrogens with zero attached hydrogens (tertiary/aromatic N) is 3. The zero-order valence-electron chi connectivity index (χ0n) is 11.1. The maximum atomic E-state index is 4.25. The quantitative estimate of drug-likeness (QED) is 0.717. The lowest BCUT2D eigenvalue weighted by Gasteiger charge is -2.11. The van der Waals surface area contributed by atoms with E-state index in [9.17, 15) is 0 Å². The summed E-state index contributed by atoms with van der Waals surface area (Å²) in [6.45, 7) is 2.12. The lowest BCUT2D eigenvalue weighted by atomic mass is 10.1. The summed E-state index contributed by atoms with van der Waals surface area (Å²) in [6.07, 6.45) is 1.99. The highest BCUT2D eigenvalue weighted by Gasteiger charge is 2.11. The van der Waals surface area contributed by atoms with Gasteiger partial charge in [-0.3, -0.25) is 0 Å². The summed E-state index contributed by atoms with van der Waals surface area (Å²) in [5, 5.41) is 8.50. The molecule has 4 heteroatoms. The van der Waals surface area contributed by atoms with Crippen molar-refractivity contribution in [3.05, 3.63) is 70.8 Å². The summed E-state index contributed by atoms with van der Waals surface area (Å²) in [5.74, 6) is 0. The second-order valence-electron chi connectivity index (χ2n) is 4.68. The first kappa shape index (κ1) is 13.1. The van der Waals surface area contributed by atoms with Gasteiger partial charge in [0.05, 0.1) is 12.2 Å². The molecule has 1 aromatic heterocycles. The molecule has 1 unspecified atom stereocenters. The van der Waals surface area contributed by atoms with Crippen LogP contribution in [0.5, 0.6) is 0 Å². The van der Waals surface area contributed by atoms with E-state index in [1.807, 2.05) is 53.3 Å². The SMILES string of the molecule is CC(c1ccc(Br)cc1)n1cc(-c2ccccc2)nn1. The Morgan fingerprint density at radius 2 is 1.70 bits per heavy atom. The van der Waals surface area contributed by atoms with Gasteiger partial charge in [0.2, 0.25) is 0 Å². The van der Waals surface area contributed by atoms with Crippen LogP contribution in [0.2, 0.25) is 0 Å². The fourth-order valence-corrected chi connectivity index (χ4v) is 2.37. The van der Waals surface area contributed by atoms with E-state index in [-0.39, 0.29) is 6.04 Å². The van der Waals surface area contributed by atoms with E-state index >= 15 is 0 Å². The third-order valence-electron chi connectivity index (χ3n) is 3.33. The van der Waals surface area contributed by atoms with Crippen LogP contribution in [-0.4, -0.2) is 15.0 Å². The van der Waals surface area contributed by atoms with E-state index in [2.05, 4.69) is 45.3 Å². The first-order valence-electron chi connectivity index (χ1n) is 6.47. The molecule has 0 N–H and O–H groups in total. The van der Waals surface area contributed by atoms with Gasteiger partial charge < -0.3 is 0 Å². The molecule has 0 saturated carbocycles. The first-order valence-corrected chi connectivity index (χ1v) is 7.26. The molecule has 0 radical (unpaired) electrons. The van der Waals surface area contributed by atoms with Gasteiger partial charge in [-0.05, 0) is 24.6 Å². The molecule has 3 rings (SSSR count). The highest BCUT2D eigenvalue weighted by molar-refractivity contribution is 9.10. The molecule has 0 fully saturated rings. The molecule has 1 heterocycles. The topological polar surface area (TPSA) is 30.7 Å². The Morgan fingerprint density at radius 3 is 2.40 bits per heavy atom. The van der Waals surface area contributed by atoms with Crippen molar-refractivity contribution in [3.63, 3.8) is 0 Å². The van der Waals surface area contributed by atoms with Crippen molar-refractivity contribution in [1.82, 2.24) is 15.0 Å². The van der Waals surface area contributed by atoms with E-state index < -0.39 is 0 Å². The predicted molar refractivity (Wildman–Crippen MR) is 83.4 cm³/mol. The minimum absolute atomic E-state index is 0.160. The summed E-state index contributed by atoms with van der Waals surface area (Å²) in [4.78, 5) is 0. The number of benzene rings is 2. The van der Waals surface area contributed by atoms with Crippen LogP contribution >= 0.6 is 15.9 Å². The van der Waals surface area contributed by atoms with Crippen molar-refractivity contribution in [3.8, 4) is 11.3 Å². The first-order chi connectivity index (χ1) is 9.74. The van der Waals surface area contributed by atoms with Gasteiger partial charge in [0.15, 0.2) is 0 Å². The molecule has 0 spiro atoms. The van der Waals surface area contributed by atoms with Crippen LogP contribution in [0, 0.1) is 0 Å². The number of hydrogen-bond acceptors (Lipinski definition) is 2. The highest BCUT2D eigenvalue weighted by Crippen LogP contribution is 2.22. The van der Waals surface area contributed by atoms with Crippen molar-refractivity contribution in [2.45, 2.75) is 13.0 Å². The summed E-state index contributed by atoms with van der Waals surface area (Å²) in [6, 6.07) is 18.5. The third kappa shape index (κ3) is 2.65. The molecule has 3 nitrogen and oxygen atoms in total. The molecule has 1 atom stereocenters. The molecule has 0 amide bonds. The van der Waals surface area contributed by atoms with Crippen molar-refractivity contribution in [1.29, 1.82) is 0 Å². The maximum absolute atomic E-state index is 4.25. The van der Waals surface area contributed by atoms with Crippen LogP contribution in [0.4, 0.5) is 0 Å². The molecule has 0 aliphatic rings. The fraction of sp³-hybridized carbons (Fsp3) is 0.125. The minimum atomic E-state index is 0.160. The summed E-state index contributed by atoms with van der Waals surface area (Å²) < 4.78 is 2.97. The van der Waals surface area contributed by atoms with E-state index in [1.165, 1.54) is 5.56 Å². The van der Waals surface area contributed by atoms with Crippen molar-refractivity contribution >= 4 is 15.9 Å². The number of hydrogen-bond donors (Lipinski definition) is 0. The van der Waals surface area contributed by atoms with Gasteiger partial charge in [-0.2, -0.15) is 0 Å². The van der Waals surface area contributed by atoms with Crippen LogP contribution in [0.3, 0.4) is 0 Å². The Balaban J connectivity index is 1.88. The standard InChI is InChI=1S/C16H14BrN3/c1-12(13-7-9-15(17)10-8-13)20-11-16(18-19-20)14-5-3-2-4-6-14/h2-12H,1H3. The van der Waals surface area contributed by atoms with E-state index in [0.29, 0.717) is 0 Å². The van der Waals surface area contributed by atoms with Gasteiger partial charge in [0, 0.05) is 10.0 Å². The van der Waals surface area contributed by atoms with Crippen molar-refractivity contribution in [2.75, 3.05) is 0 Å². The Morgan fingerprint density at radius 1 is 1.00 bits per heavy atom. The molecule has 3 aromatic rings. The number of aromatic nitrogens is 3. The summed E-state index contributed by atoms with van der Waals surface area (Å²) in [5.41, 5.74) is 3.19. The Hall–Kier alpha value is -1.94. The fourth-order valence-electron chi connectivity index (χ4n) is 2.10. The molecule has 100 valence electrons. The Labute approximate surface area is 126 Å². The maximum Gasteiger partial charge on any atom is 0.113 e. The van der Waals surface area contributed by atoms with E-state index in [1.54, 1.807) is 0 Å². The normalized spacial score (nSPS) is 12.3. The van der Waals surface area contributed by atoms with Crippen LogP contribution in [0.25, 0.3) is 11.3 Å². The van der Waals surface area contributed by atoms with Gasteiger partial charge >= 0.3 is 0 Å². The smallest absolute Gasteiger partial charge is 0.113 e. The monoisotopic (exact) mass is 327 g/mol. The molecule has 0 aliphatic carbocycles. The highest BCUT2D eigenvalue weighted by atomic mass is 79.9. The molecule has 0 bridgehead atoms.